The Hall–Kier alpha value is -1.26. The molecule has 0 saturated heterocycles. The minimum absolute atomic E-state index is 0.109. The Kier molecular flexibility index (Phi) is 3.78. The van der Waals surface area contributed by atoms with Crippen LogP contribution in [0.2, 0.25) is 5.02 Å². The molecule has 0 unspecified atom stereocenters. The summed E-state index contributed by atoms with van der Waals surface area (Å²) in [5.74, 6) is 0.109. The van der Waals surface area contributed by atoms with Gasteiger partial charge in [-0.3, -0.25) is 4.79 Å². The lowest BCUT2D eigenvalue weighted by molar-refractivity contribution is -0.118. The SMILES string of the molecule is Cc1cc(Cl)c2c(c1)N(C)C(=O)CCN2CCN. The molecule has 0 aliphatic carbocycles. The van der Waals surface area contributed by atoms with Gasteiger partial charge in [-0.2, -0.15) is 0 Å². The Labute approximate surface area is 112 Å². The number of nitrogens with two attached hydrogens (primary N) is 1. The van der Waals surface area contributed by atoms with Crippen molar-refractivity contribution in [2.45, 2.75) is 13.3 Å². The van der Waals surface area contributed by atoms with Crippen LogP contribution in [-0.2, 0) is 4.79 Å². The van der Waals surface area contributed by atoms with Crippen LogP contribution in [0.15, 0.2) is 12.1 Å². The fraction of sp³-hybridized carbons (Fsp3) is 0.462. The summed E-state index contributed by atoms with van der Waals surface area (Å²) in [5.41, 5.74) is 8.47. The molecule has 1 amide bonds. The molecule has 0 saturated carbocycles. The topological polar surface area (TPSA) is 49.6 Å². The monoisotopic (exact) mass is 267 g/mol. The number of hydrogen-bond acceptors (Lipinski definition) is 3. The van der Waals surface area contributed by atoms with E-state index in [1.54, 1.807) is 11.9 Å². The molecule has 1 aromatic rings. The van der Waals surface area contributed by atoms with E-state index in [-0.39, 0.29) is 5.91 Å². The van der Waals surface area contributed by atoms with Crippen molar-refractivity contribution in [2.24, 2.45) is 5.73 Å². The third kappa shape index (κ3) is 2.31. The zero-order valence-electron chi connectivity index (χ0n) is 10.7. The largest absolute Gasteiger partial charge is 0.367 e. The third-order valence-corrected chi connectivity index (χ3v) is 3.52. The van der Waals surface area contributed by atoms with Crippen molar-refractivity contribution in [2.75, 3.05) is 36.5 Å². The van der Waals surface area contributed by atoms with E-state index in [2.05, 4.69) is 4.90 Å². The predicted octanol–water partition coefficient (Wildman–Crippen LogP) is 1.78. The van der Waals surface area contributed by atoms with Crippen LogP contribution in [0.1, 0.15) is 12.0 Å². The van der Waals surface area contributed by atoms with Gasteiger partial charge < -0.3 is 15.5 Å². The van der Waals surface area contributed by atoms with Crippen LogP contribution >= 0.6 is 11.6 Å². The minimum atomic E-state index is 0.109. The van der Waals surface area contributed by atoms with Crippen LogP contribution in [-0.4, -0.2) is 32.6 Å². The lowest BCUT2D eigenvalue weighted by atomic mass is 10.1. The van der Waals surface area contributed by atoms with Crippen molar-refractivity contribution in [3.05, 3.63) is 22.7 Å². The van der Waals surface area contributed by atoms with E-state index in [9.17, 15) is 4.79 Å². The first-order valence-electron chi connectivity index (χ1n) is 6.06. The lowest BCUT2D eigenvalue weighted by Gasteiger charge is -2.26. The van der Waals surface area contributed by atoms with Crippen LogP contribution in [0.5, 0.6) is 0 Å². The zero-order chi connectivity index (χ0) is 13.3. The lowest BCUT2D eigenvalue weighted by Crippen LogP contribution is -2.30. The van der Waals surface area contributed by atoms with Crippen molar-refractivity contribution in [1.29, 1.82) is 0 Å². The average Bonchev–Trinajstić information content (AvgIpc) is 2.42. The van der Waals surface area contributed by atoms with Gasteiger partial charge in [-0.1, -0.05) is 11.6 Å². The molecule has 5 heteroatoms. The average molecular weight is 268 g/mol. The Balaban J connectivity index is 2.57. The fourth-order valence-corrected chi connectivity index (χ4v) is 2.70. The van der Waals surface area contributed by atoms with Crippen molar-refractivity contribution < 1.29 is 4.79 Å². The predicted molar refractivity (Wildman–Crippen MR) is 75.5 cm³/mol. The first kappa shape index (κ1) is 13.2. The maximum absolute atomic E-state index is 12.0. The molecule has 0 bridgehead atoms. The first-order chi connectivity index (χ1) is 8.54. The van der Waals surface area contributed by atoms with Crippen LogP contribution in [0.4, 0.5) is 11.4 Å². The Morgan fingerprint density at radius 1 is 1.44 bits per heavy atom. The standard InChI is InChI=1S/C13H18ClN3O/c1-9-7-10(14)13-11(8-9)16(2)12(18)3-5-17(13)6-4-15/h7-8H,3-6,15H2,1-2H3. The van der Waals surface area contributed by atoms with E-state index < -0.39 is 0 Å². The quantitative estimate of drug-likeness (QED) is 0.889. The van der Waals surface area contributed by atoms with Crippen molar-refractivity contribution in [1.82, 2.24) is 0 Å². The normalized spacial score (nSPS) is 15.7. The first-order valence-corrected chi connectivity index (χ1v) is 6.44. The number of benzene rings is 1. The molecular weight excluding hydrogens is 250 g/mol. The summed E-state index contributed by atoms with van der Waals surface area (Å²) >= 11 is 6.34. The number of amides is 1. The molecular formula is C13H18ClN3O. The molecule has 0 spiro atoms. The number of nitrogens with zero attached hydrogens (tertiary/aromatic N) is 2. The van der Waals surface area contributed by atoms with Gasteiger partial charge in [0.15, 0.2) is 0 Å². The van der Waals surface area contributed by atoms with Gasteiger partial charge in [-0.25, -0.2) is 0 Å². The number of carbonyl (C=O) groups excluding carboxylic acids is 1. The molecule has 2 rings (SSSR count). The van der Waals surface area contributed by atoms with Crippen LogP contribution in [0.25, 0.3) is 0 Å². The number of carbonyl (C=O) groups is 1. The molecule has 1 aliphatic rings. The molecule has 0 atom stereocenters. The molecule has 98 valence electrons. The van der Waals surface area contributed by atoms with E-state index in [0.29, 0.717) is 31.1 Å². The maximum Gasteiger partial charge on any atom is 0.228 e. The summed E-state index contributed by atoms with van der Waals surface area (Å²) in [6, 6.07) is 3.92. The van der Waals surface area contributed by atoms with Crippen molar-refractivity contribution >= 4 is 28.9 Å². The summed E-state index contributed by atoms with van der Waals surface area (Å²) in [7, 11) is 1.79. The van der Waals surface area contributed by atoms with Crippen LogP contribution in [0, 0.1) is 6.92 Å². The molecule has 0 radical (unpaired) electrons. The van der Waals surface area contributed by atoms with Crippen molar-refractivity contribution in [3.63, 3.8) is 0 Å². The van der Waals surface area contributed by atoms with Gasteiger partial charge in [0.1, 0.15) is 0 Å². The Morgan fingerprint density at radius 3 is 2.83 bits per heavy atom. The van der Waals surface area contributed by atoms with E-state index >= 15 is 0 Å². The summed E-state index contributed by atoms with van der Waals surface area (Å²) in [6.07, 6.45) is 0.487. The molecule has 0 fully saturated rings. The smallest absolute Gasteiger partial charge is 0.228 e. The molecule has 18 heavy (non-hydrogen) atoms. The number of rotatable bonds is 2. The highest BCUT2D eigenvalue weighted by Gasteiger charge is 2.25. The fourth-order valence-electron chi connectivity index (χ4n) is 2.31. The second kappa shape index (κ2) is 5.16. The van der Waals surface area contributed by atoms with Gasteiger partial charge in [0.2, 0.25) is 5.91 Å². The number of halogens is 1. The van der Waals surface area contributed by atoms with E-state index in [4.69, 9.17) is 17.3 Å². The van der Waals surface area contributed by atoms with Gasteiger partial charge in [-0.15, -0.1) is 0 Å². The van der Waals surface area contributed by atoms with E-state index in [1.165, 1.54) is 0 Å². The Bertz CT molecular complexity index is 476. The highest BCUT2D eigenvalue weighted by atomic mass is 35.5. The minimum Gasteiger partial charge on any atom is -0.367 e. The van der Waals surface area contributed by atoms with Crippen LogP contribution < -0.4 is 15.5 Å². The maximum atomic E-state index is 12.0. The van der Waals surface area contributed by atoms with E-state index in [0.717, 1.165) is 16.9 Å². The highest BCUT2D eigenvalue weighted by Crippen LogP contribution is 2.39. The number of hydrogen-bond donors (Lipinski definition) is 1. The summed E-state index contributed by atoms with van der Waals surface area (Å²) < 4.78 is 0. The highest BCUT2D eigenvalue weighted by molar-refractivity contribution is 6.34. The van der Waals surface area contributed by atoms with E-state index in [1.807, 2.05) is 19.1 Å². The van der Waals surface area contributed by atoms with Gasteiger partial charge in [0.25, 0.3) is 0 Å². The second-order valence-electron chi connectivity index (χ2n) is 4.59. The van der Waals surface area contributed by atoms with Gasteiger partial charge in [0.05, 0.1) is 16.4 Å². The summed E-state index contributed by atoms with van der Waals surface area (Å²) in [6.45, 7) is 3.89. The summed E-state index contributed by atoms with van der Waals surface area (Å²) in [5, 5.41) is 0.681. The third-order valence-electron chi connectivity index (χ3n) is 3.23. The van der Waals surface area contributed by atoms with Gasteiger partial charge in [-0.05, 0) is 24.6 Å². The zero-order valence-corrected chi connectivity index (χ0v) is 11.5. The molecule has 0 aromatic heterocycles. The van der Waals surface area contributed by atoms with Crippen LogP contribution in [0.3, 0.4) is 0 Å². The molecule has 1 aromatic carbocycles. The van der Waals surface area contributed by atoms with Crippen molar-refractivity contribution in [3.8, 4) is 0 Å². The van der Waals surface area contributed by atoms with Gasteiger partial charge >= 0.3 is 0 Å². The molecule has 1 heterocycles. The number of aryl methyl sites for hydroxylation is 1. The van der Waals surface area contributed by atoms with Gasteiger partial charge in [0, 0.05) is 33.1 Å². The molecule has 2 N–H and O–H groups in total. The molecule has 1 aliphatic heterocycles. The molecule has 4 nitrogen and oxygen atoms in total. The number of anilines is 2. The second-order valence-corrected chi connectivity index (χ2v) is 5.00. The summed E-state index contributed by atoms with van der Waals surface area (Å²) in [4.78, 5) is 15.8. The Morgan fingerprint density at radius 2 is 2.17 bits per heavy atom. The number of fused-ring (bicyclic) bond motifs is 1.